The first-order chi connectivity index (χ1) is 10.3. The molecule has 124 valence electrons. The van der Waals surface area contributed by atoms with Gasteiger partial charge in [-0.3, -0.25) is 0 Å². The Balaban J connectivity index is 0. The van der Waals surface area contributed by atoms with Crippen molar-refractivity contribution in [3.05, 3.63) is 24.3 Å². The Morgan fingerprint density at radius 3 is 1.64 bits per heavy atom. The number of carbonyl (C=O) groups excluding carboxylic acids is 2. The molecule has 0 bridgehead atoms. The summed E-state index contributed by atoms with van der Waals surface area (Å²) < 4.78 is 9.05. The minimum absolute atomic E-state index is 0.253. The van der Waals surface area contributed by atoms with Crippen LogP contribution in [0.15, 0.2) is 24.3 Å². The molecule has 0 aliphatic heterocycles. The van der Waals surface area contributed by atoms with Gasteiger partial charge >= 0.3 is 23.9 Å². The first kappa shape index (κ1) is 21.7. The van der Waals surface area contributed by atoms with E-state index in [9.17, 15) is 19.2 Å². The van der Waals surface area contributed by atoms with Crippen LogP contribution in [0.4, 0.5) is 0 Å². The van der Waals surface area contributed by atoms with Gasteiger partial charge in [-0.05, 0) is 13.3 Å². The van der Waals surface area contributed by atoms with Gasteiger partial charge in [-0.1, -0.05) is 13.3 Å². The zero-order valence-corrected chi connectivity index (χ0v) is 12.5. The third-order valence-corrected chi connectivity index (χ3v) is 1.75. The van der Waals surface area contributed by atoms with E-state index in [1.807, 2.05) is 6.92 Å². The van der Waals surface area contributed by atoms with Crippen molar-refractivity contribution in [1.29, 1.82) is 0 Å². The Bertz CT molecular complexity index is 423. The lowest BCUT2D eigenvalue weighted by atomic mass is 10.4. The molecule has 0 aromatic rings. The Labute approximate surface area is 128 Å². The molecule has 0 rings (SSSR count). The summed E-state index contributed by atoms with van der Waals surface area (Å²) in [5.74, 6) is -3.55. The highest BCUT2D eigenvalue weighted by Gasteiger charge is 1.96. The van der Waals surface area contributed by atoms with Crippen LogP contribution in [0.5, 0.6) is 0 Å². The van der Waals surface area contributed by atoms with Crippen LogP contribution in [-0.2, 0) is 28.7 Å². The molecule has 22 heavy (non-hydrogen) atoms. The van der Waals surface area contributed by atoms with E-state index in [-0.39, 0.29) is 6.61 Å². The molecule has 0 saturated heterocycles. The van der Waals surface area contributed by atoms with Gasteiger partial charge in [0.25, 0.3) is 0 Å². The smallest absolute Gasteiger partial charge is 0.331 e. The monoisotopic (exact) mass is 316 g/mol. The SMILES string of the molecule is CCCCOC(=O)/C=C/C(=O)O.CCOC(=O)/C=C/C(=O)O. The predicted octanol–water partition coefficient (Wildman–Crippen LogP) is 1.16. The van der Waals surface area contributed by atoms with E-state index in [1.165, 1.54) is 0 Å². The van der Waals surface area contributed by atoms with Crippen LogP contribution in [0, 0.1) is 0 Å². The Morgan fingerprint density at radius 1 is 0.818 bits per heavy atom. The van der Waals surface area contributed by atoms with Crippen molar-refractivity contribution in [2.75, 3.05) is 13.2 Å². The van der Waals surface area contributed by atoms with Crippen molar-refractivity contribution in [3.8, 4) is 0 Å². The van der Waals surface area contributed by atoms with Crippen LogP contribution in [0.2, 0.25) is 0 Å². The quantitative estimate of drug-likeness (QED) is 0.388. The molecule has 0 atom stereocenters. The normalized spacial score (nSPS) is 9.91. The summed E-state index contributed by atoms with van der Waals surface area (Å²) in [5, 5.41) is 16.2. The minimum atomic E-state index is -1.16. The average Bonchev–Trinajstić information content (AvgIpc) is 2.44. The lowest BCUT2D eigenvalue weighted by Crippen LogP contribution is -2.02. The van der Waals surface area contributed by atoms with Gasteiger partial charge in [-0.2, -0.15) is 0 Å². The molecule has 0 fully saturated rings. The summed E-state index contributed by atoms with van der Waals surface area (Å²) in [5.41, 5.74) is 0. The van der Waals surface area contributed by atoms with Gasteiger partial charge in [-0.25, -0.2) is 19.2 Å². The maximum Gasteiger partial charge on any atom is 0.331 e. The lowest BCUT2D eigenvalue weighted by Gasteiger charge is -1.97. The molecule has 0 aliphatic rings. The van der Waals surface area contributed by atoms with Crippen molar-refractivity contribution in [1.82, 2.24) is 0 Å². The van der Waals surface area contributed by atoms with Gasteiger partial charge in [-0.15, -0.1) is 0 Å². The third-order valence-electron chi connectivity index (χ3n) is 1.75. The topological polar surface area (TPSA) is 127 Å². The van der Waals surface area contributed by atoms with Gasteiger partial charge in [0.05, 0.1) is 13.2 Å². The highest BCUT2D eigenvalue weighted by molar-refractivity contribution is 5.91. The molecule has 0 unspecified atom stereocenters. The Hall–Kier alpha value is -2.64. The summed E-state index contributed by atoms with van der Waals surface area (Å²) >= 11 is 0. The second-order valence-electron chi connectivity index (χ2n) is 3.62. The molecule has 8 nitrogen and oxygen atoms in total. The molecular weight excluding hydrogens is 296 g/mol. The van der Waals surface area contributed by atoms with Gasteiger partial charge in [0.15, 0.2) is 0 Å². The van der Waals surface area contributed by atoms with Crippen molar-refractivity contribution in [2.45, 2.75) is 26.7 Å². The molecule has 8 heteroatoms. The van der Waals surface area contributed by atoms with Gasteiger partial charge in [0.2, 0.25) is 0 Å². The van der Waals surface area contributed by atoms with Gasteiger partial charge in [0, 0.05) is 24.3 Å². The van der Waals surface area contributed by atoms with Gasteiger partial charge in [0.1, 0.15) is 0 Å². The van der Waals surface area contributed by atoms with Crippen LogP contribution >= 0.6 is 0 Å². The van der Waals surface area contributed by atoms with Crippen LogP contribution in [0.1, 0.15) is 26.7 Å². The molecule has 0 spiro atoms. The summed E-state index contributed by atoms with van der Waals surface area (Å²) in [4.78, 5) is 40.8. The number of rotatable bonds is 8. The number of unbranched alkanes of at least 4 members (excludes halogenated alkanes) is 1. The first-order valence-electron chi connectivity index (χ1n) is 6.48. The number of carboxylic acids is 2. The number of hydrogen-bond donors (Lipinski definition) is 2. The van der Waals surface area contributed by atoms with E-state index < -0.39 is 23.9 Å². The predicted molar refractivity (Wildman–Crippen MR) is 76.1 cm³/mol. The number of ether oxygens (including phenoxy) is 2. The Morgan fingerprint density at radius 2 is 1.27 bits per heavy atom. The number of hydrogen-bond acceptors (Lipinski definition) is 6. The number of aliphatic carboxylic acids is 2. The standard InChI is InChI=1S/C8H12O4.C6H8O4/c1-2-3-6-12-8(11)5-4-7(9)10;1-2-10-6(9)4-3-5(7)8/h4-5H,2-3,6H2,1H3,(H,9,10);3-4H,2H2,1H3,(H,7,8)/b5-4+;4-3+. The lowest BCUT2D eigenvalue weighted by molar-refractivity contribution is -0.139. The van der Waals surface area contributed by atoms with E-state index in [2.05, 4.69) is 9.47 Å². The average molecular weight is 316 g/mol. The van der Waals surface area contributed by atoms with Crippen LogP contribution in [0.3, 0.4) is 0 Å². The van der Waals surface area contributed by atoms with E-state index >= 15 is 0 Å². The van der Waals surface area contributed by atoms with Crippen LogP contribution in [0.25, 0.3) is 0 Å². The molecule has 0 radical (unpaired) electrons. The van der Waals surface area contributed by atoms with Gasteiger partial charge < -0.3 is 19.7 Å². The fourth-order valence-corrected chi connectivity index (χ4v) is 0.834. The number of carbonyl (C=O) groups is 4. The second-order valence-corrected chi connectivity index (χ2v) is 3.62. The van der Waals surface area contributed by atoms with E-state index in [0.717, 1.165) is 37.1 Å². The number of carboxylic acid groups (broad SMARTS) is 2. The zero-order chi connectivity index (χ0) is 17.4. The molecule has 0 aromatic heterocycles. The van der Waals surface area contributed by atoms with E-state index in [4.69, 9.17) is 10.2 Å². The van der Waals surface area contributed by atoms with E-state index in [1.54, 1.807) is 6.92 Å². The highest BCUT2D eigenvalue weighted by Crippen LogP contribution is 1.89. The van der Waals surface area contributed by atoms with Crippen molar-refractivity contribution < 1.29 is 38.9 Å². The summed E-state index contributed by atoms with van der Waals surface area (Å²) in [7, 11) is 0. The maximum absolute atomic E-state index is 10.6. The molecule has 2 N–H and O–H groups in total. The fraction of sp³-hybridized carbons (Fsp3) is 0.429. The Kier molecular flexibility index (Phi) is 14.5. The van der Waals surface area contributed by atoms with Crippen molar-refractivity contribution in [3.63, 3.8) is 0 Å². The summed E-state index contributed by atoms with van der Waals surface area (Å²) in [6.07, 6.45) is 5.00. The highest BCUT2D eigenvalue weighted by atomic mass is 16.5. The largest absolute Gasteiger partial charge is 0.478 e. The molecule has 0 saturated carbocycles. The van der Waals surface area contributed by atoms with E-state index in [0.29, 0.717) is 6.61 Å². The fourth-order valence-electron chi connectivity index (χ4n) is 0.834. The van der Waals surface area contributed by atoms with Crippen LogP contribution < -0.4 is 0 Å². The molecule has 0 heterocycles. The molecule has 0 aliphatic carbocycles. The third kappa shape index (κ3) is 19.7. The molecule has 0 aromatic carbocycles. The first-order valence-corrected chi connectivity index (χ1v) is 6.48. The summed E-state index contributed by atoms with van der Waals surface area (Å²) in [6.45, 7) is 4.22. The van der Waals surface area contributed by atoms with Crippen molar-refractivity contribution >= 4 is 23.9 Å². The minimum Gasteiger partial charge on any atom is -0.478 e. The van der Waals surface area contributed by atoms with Crippen molar-refractivity contribution in [2.24, 2.45) is 0 Å². The zero-order valence-electron chi connectivity index (χ0n) is 12.5. The van der Waals surface area contributed by atoms with Crippen LogP contribution in [-0.4, -0.2) is 47.3 Å². The summed E-state index contributed by atoms with van der Waals surface area (Å²) in [6, 6.07) is 0. The second kappa shape index (κ2) is 14.8. The number of esters is 2. The molecule has 0 amide bonds. The molecular formula is C14H20O8. The maximum atomic E-state index is 10.6.